The number of aryl methyl sites for hydroxylation is 1. The lowest BCUT2D eigenvalue weighted by molar-refractivity contribution is 0.0105. The van der Waals surface area contributed by atoms with Gasteiger partial charge in [-0.1, -0.05) is 66.7 Å². The highest BCUT2D eigenvalue weighted by Crippen LogP contribution is 2.30. The van der Waals surface area contributed by atoms with Crippen molar-refractivity contribution >= 4 is 17.9 Å². The minimum Gasteiger partial charge on any atom is -0.444 e. The van der Waals surface area contributed by atoms with Crippen LogP contribution in [0, 0.1) is 0 Å². The third kappa shape index (κ3) is 6.86. The SMILES string of the molecule is CC(C)(C)OC(=O)N1Cc2ccc(SCc3ccccc3)nc2CC1CCCc1ccccc1. The van der Waals surface area contributed by atoms with Crippen LogP contribution in [0.4, 0.5) is 4.79 Å². The molecule has 34 heavy (non-hydrogen) atoms. The van der Waals surface area contributed by atoms with Crippen LogP contribution in [0.25, 0.3) is 0 Å². The van der Waals surface area contributed by atoms with E-state index in [4.69, 9.17) is 9.72 Å². The Labute approximate surface area is 207 Å². The molecule has 1 unspecified atom stereocenters. The molecule has 0 N–H and O–H groups in total. The number of aromatic nitrogens is 1. The summed E-state index contributed by atoms with van der Waals surface area (Å²) in [5.41, 5.74) is 4.35. The second kappa shape index (κ2) is 11.1. The summed E-state index contributed by atoms with van der Waals surface area (Å²) in [7, 11) is 0. The van der Waals surface area contributed by atoms with E-state index in [-0.39, 0.29) is 12.1 Å². The molecule has 5 heteroatoms. The zero-order chi connectivity index (χ0) is 24.0. The molecule has 3 aromatic rings. The molecule has 2 aromatic carbocycles. The molecule has 0 saturated carbocycles. The number of fused-ring (bicyclic) bond motifs is 1. The highest BCUT2D eigenvalue weighted by Gasteiger charge is 2.33. The Bertz CT molecular complexity index is 1080. The van der Waals surface area contributed by atoms with E-state index in [1.165, 1.54) is 11.1 Å². The van der Waals surface area contributed by atoms with Gasteiger partial charge in [0.25, 0.3) is 0 Å². The second-order valence-electron chi connectivity index (χ2n) is 9.87. The summed E-state index contributed by atoms with van der Waals surface area (Å²) in [6, 6.07) is 25.3. The number of carbonyl (C=O) groups is 1. The molecule has 0 radical (unpaired) electrons. The quantitative estimate of drug-likeness (QED) is 0.344. The van der Waals surface area contributed by atoms with Gasteiger partial charge in [-0.2, -0.15) is 0 Å². The highest BCUT2D eigenvalue weighted by molar-refractivity contribution is 7.98. The molecule has 0 spiro atoms. The summed E-state index contributed by atoms with van der Waals surface area (Å²) >= 11 is 1.76. The fourth-order valence-corrected chi connectivity index (χ4v) is 5.11. The van der Waals surface area contributed by atoms with E-state index in [2.05, 4.69) is 60.7 Å². The van der Waals surface area contributed by atoms with Crippen molar-refractivity contribution in [2.24, 2.45) is 0 Å². The number of thioether (sulfide) groups is 1. The average Bonchev–Trinajstić information content (AvgIpc) is 2.82. The van der Waals surface area contributed by atoms with Crippen LogP contribution in [0.2, 0.25) is 0 Å². The average molecular weight is 475 g/mol. The summed E-state index contributed by atoms with van der Waals surface area (Å²) in [6.45, 7) is 6.32. The maximum atomic E-state index is 13.1. The predicted molar refractivity (Wildman–Crippen MR) is 139 cm³/mol. The molecule has 1 aromatic heterocycles. The molecule has 0 bridgehead atoms. The Morgan fingerprint density at radius 3 is 2.35 bits per heavy atom. The fraction of sp³-hybridized carbons (Fsp3) is 0.379. The summed E-state index contributed by atoms with van der Waals surface area (Å²) in [5.74, 6) is 0.900. The summed E-state index contributed by atoms with van der Waals surface area (Å²) in [4.78, 5) is 20.0. The zero-order valence-electron chi connectivity index (χ0n) is 20.4. The number of nitrogens with zero attached hydrogens (tertiary/aromatic N) is 2. The van der Waals surface area contributed by atoms with E-state index in [0.29, 0.717) is 6.54 Å². The van der Waals surface area contributed by atoms with Crippen LogP contribution in [-0.4, -0.2) is 27.6 Å². The first kappa shape index (κ1) is 24.3. The van der Waals surface area contributed by atoms with Crippen molar-refractivity contribution in [3.05, 3.63) is 95.2 Å². The molecule has 1 atom stereocenters. The molecular weight excluding hydrogens is 440 g/mol. The minimum absolute atomic E-state index is 0.0907. The highest BCUT2D eigenvalue weighted by atomic mass is 32.2. The lowest BCUT2D eigenvalue weighted by atomic mass is 9.94. The fourth-order valence-electron chi connectivity index (χ4n) is 4.27. The summed E-state index contributed by atoms with van der Waals surface area (Å²) in [6.07, 6.45) is 3.49. The van der Waals surface area contributed by atoms with Gasteiger partial charge in [0.1, 0.15) is 5.60 Å². The lowest BCUT2D eigenvalue weighted by Crippen LogP contribution is -2.46. The van der Waals surface area contributed by atoms with E-state index in [0.717, 1.165) is 47.7 Å². The predicted octanol–water partition coefficient (Wildman–Crippen LogP) is 7.06. The van der Waals surface area contributed by atoms with Crippen molar-refractivity contribution in [3.63, 3.8) is 0 Å². The van der Waals surface area contributed by atoms with Gasteiger partial charge in [-0.3, -0.25) is 0 Å². The zero-order valence-corrected chi connectivity index (χ0v) is 21.2. The summed E-state index contributed by atoms with van der Waals surface area (Å²) in [5, 5.41) is 1.04. The number of carbonyl (C=O) groups excluding carboxylic acids is 1. The third-order valence-electron chi connectivity index (χ3n) is 5.96. The van der Waals surface area contributed by atoms with Gasteiger partial charge in [0.05, 0.1) is 11.6 Å². The smallest absolute Gasteiger partial charge is 0.410 e. The van der Waals surface area contributed by atoms with Crippen molar-refractivity contribution in [1.29, 1.82) is 0 Å². The first-order valence-corrected chi connectivity index (χ1v) is 13.0. The number of amides is 1. The van der Waals surface area contributed by atoms with Gasteiger partial charge < -0.3 is 9.64 Å². The van der Waals surface area contributed by atoms with Crippen molar-refractivity contribution in [2.45, 2.75) is 75.4 Å². The van der Waals surface area contributed by atoms with E-state index < -0.39 is 5.60 Å². The number of pyridine rings is 1. The topological polar surface area (TPSA) is 42.4 Å². The largest absolute Gasteiger partial charge is 0.444 e. The number of rotatable bonds is 7. The summed E-state index contributed by atoms with van der Waals surface area (Å²) < 4.78 is 5.76. The molecule has 178 valence electrons. The first-order valence-electron chi connectivity index (χ1n) is 12.1. The van der Waals surface area contributed by atoms with Gasteiger partial charge in [-0.15, -0.1) is 11.8 Å². The molecule has 0 fully saturated rings. The molecule has 4 nitrogen and oxygen atoms in total. The van der Waals surface area contributed by atoms with Gasteiger partial charge in [-0.25, -0.2) is 9.78 Å². The molecule has 4 rings (SSSR count). The van der Waals surface area contributed by atoms with Gasteiger partial charge >= 0.3 is 6.09 Å². The number of ether oxygens (including phenoxy) is 1. The monoisotopic (exact) mass is 474 g/mol. The Morgan fingerprint density at radius 1 is 1.00 bits per heavy atom. The molecule has 2 heterocycles. The van der Waals surface area contributed by atoms with E-state index in [9.17, 15) is 4.79 Å². The molecule has 1 amide bonds. The normalized spacial score (nSPS) is 15.6. The van der Waals surface area contributed by atoms with Crippen LogP contribution in [-0.2, 0) is 29.9 Å². The third-order valence-corrected chi connectivity index (χ3v) is 6.96. The molecule has 0 saturated heterocycles. The van der Waals surface area contributed by atoms with E-state index >= 15 is 0 Å². The van der Waals surface area contributed by atoms with Gasteiger partial charge in [-0.05, 0) is 62.8 Å². The molecule has 1 aliphatic heterocycles. The molecular formula is C29H34N2O2S. The van der Waals surface area contributed by atoms with Crippen molar-refractivity contribution in [1.82, 2.24) is 9.88 Å². The standard InChI is InChI=1S/C29H34N2O2S/c1-29(2,3)33-28(32)31-20-24-17-18-27(34-21-23-13-8-5-9-14-23)30-26(24)19-25(31)16-10-15-22-11-6-4-7-12-22/h4-9,11-14,17-18,25H,10,15-16,19-21H2,1-3H3. The van der Waals surface area contributed by atoms with Crippen LogP contribution in [0.1, 0.15) is 56.0 Å². The second-order valence-corrected chi connectivity index (χ2v) is 10.9. The minimum atomic E-state index is -0.512. The van der Waals surface area contributed by atoms with Crippen LogP contribution >= 0.6 is 11.8 Å². The van der Waals surface area contributed by atoms with Crippen molar-refractivity contribution in [3.8, 4) is 0 Å². The van der Waals surface area contributed by atoms with Gasteiger partial charge in [0.2, 0.25) is 0 Å². The van der Waals surface area contributed by atoms with Crippen LogP contribution in [0.15, 0.2) is 77.8 Å². The Hall–Kier alpha value is -2.79. The number of hydrogen-bond donors (Lipinski definition) is 0. The number of hydrogen-bond acceptors (Lipinski definition) is 4. The Balaban J connectivity index is 1.47. The molecule has 0 aliphatic carbocycles. The van der Waals surface area contributed by atoms with Gasteiger partial charge in [0.15, 0.2) is 0 Å². The maximum absolute atomic E-state index is 13.1. The lowest BCUT2D eigenvalue weighted by Gasteiger charge is -2.37. The van der Waals surface area contributed by atoms with Crippen molar-refractivity contribution < 1.29 is 9.53 Å². The molecule has 1 aliphatic rings. The number of benzene rings is 2. The van der Waals surface area contributed by atoms with E-state index in [1.807, 2.05) is 37.8 Å². The maximum Gasteiger partial charge on any atom is 0.410 e. The van der Waals surface area contributed by atoms with Crippen LogP contribution < -0.4 is 0 Å². The first-order chi connectivity index (χ1) is 16.4. The van der Waals surface area contributed by atoms with E-state index in [1.54, 1.807) is 11.8 Å². The van der Waals surface area contributed by atoms with Gasteiger partial charge in [0, 0.05) is 23.9 Å². The van der Waals surface area contributed by atoms with Crippen molar-refractivity contribution in [2.75, 3.05) is 0 Å². The van der Waals surface area contributed by atoms with Crippen LogP contribution in [0.3, 0.4) is 0 Å². The van der Waals surface area contributed by atoms with Crippen LogP contribution in [0.5, 0.6) is 0 Å². The Kier molecular flexibility index (Phi) is 7.94. The Morgan fingerprint density at radius 2 is 1.68 bits per heavy atom.